The summed E-state index contributed by atoms with van der Waals surface area (Å²) in [6.45, 7) is 0.139. The van der Waals surface area contributed by atoms with Crippen molar-refractivity contribution in [2.75, 3.05) is 13.7 Å². The van der Waals surface area contributed by atoms with E-state index in [0.717, 1.165) is 0 Å². The van der Waals surface area contributed by atoms with Gasteiger partial charge in [0.2, 0.25) is 0 Å². The first-order valence-corrected chi connectivity index (χ1v) is 3.90. The van der Waals surface area contributed by atoms with Crippen molar-refractivity contribution in [2.45, 2.75) is 0 Å². The Balaban J connectivity index is 2.63. The molecule has 0 amide bonds. The summed E-state index contributed by atoms with van der Waals surface area (Å²) in [5.41, 5.74) is 1.13. The third-order valence-corrected chi connectivity index (χ3v) is 1.90. The molecule has 0 saturated heterocycles. The molecule has 0 fully saturated rings. The molecular formula is C9H8N2O2. The quantitative estimate of drug-likeness (QED) is 0.656. The van der Waals surface area contributed by atoms with Crippen LogP contribution in [0.1, 0.15) is 10.4 Å². The molecule has 0 atom stereocenters. The Morgan fingerprint density at radius 2 is 2.31 bits per heavy atom. The van der Waals surface area contributed by atoms with Crippen LogP contribution in [0, 0.1) is 0 Å². The molecule has 0 unspecified atom stereocenters. The number of nitrogens with zero attached hydrogens (tertiary/aromatic N) is 2. The number of Topliss-reactive ketones (excluding diaryl/α,β-unsaturated/α-hetero) is 1. The van der Waals surface area contributed by atoms with Gasteiger partial charge in [0.15, 0.2) is 5.78 Å². The van der Waals surface area contributed by atoms with Gasteiger partial charge < -0.3 is 4.74 Å². The van der Waals surface area contributed by atoms with Crippen molar-refractivity contribution in [3.05, 3.63) is 23.8 Å². The number of azo groups is 1. The van der Waals surface area contributed by atoms with E-state index in [9.17, 15) is 4.79 Å². The standard InChI is InChI=1S/C9H8N2O2/c1-13-8-4-2-3-6-7(12)5-10-11-9(6)8/h2-4H,5H2,1H3. The molecule has 1 heterocycles. The first-order chi connectivity index (χ1) is 6.33. The molecular weight excluding hydrogens is 168 g/mol. The van der Waals surface area contributed by atoms with Crippen LogP contribution in [0.3, 0.4) is 0 Å². The fourth-order valence-electron chi connectivity index (χ4n) is 1.27. The van der Waals surface area contributed by atoms with Gasteiger partial charge in [-0.05, 0) is 12.1 Å². The zero-order chi connectivity index (χ0) is 9.26. The van der Waals surface area contributed by atoms with Crippen molar-refractivity contribution in [1.29, 1.82) is 0 Å². The molecule has 1 aromatic rings. The number of ether oxygens (including phenoxy) is 1. The zero-order valence-electron chi connectivity index (χ0n) is 7.15. The third-order valence-electron chi connectivity index (χ3n) is 1.90. The number of benzene rings is 1. The summed E-state index contributed by atoms with van der Waals surface area (Å²) >= 11 is 0. The molecule has 0 bridgehead atoms. The molecule has 0 saturated carbocycles. The van der Waals surface area contributed by atoms with E-state index in [1.54, 1.807) is 25.3 Å². The van der Waals surface area contributed by atoms with Crippen LogP contribution in [-0.2, 0) is 0 Å². The Labute approximate surface area is 75.2 Å². The van der Waals surface area contributed by atoms with Crippen molar-refractivity contribution >= 4 is 11.5 Å². The molecule has 1 aliphatic heterocycles. The lowest BCUT2D eigenvalue weighted by molar-refractivity contribution is 0.0997. The molecule has 0 aromatic heterocycles. The van der Waals surface area contributed by atoms with Crippen molar-refractivity contribution in [1.82, 2.24) is 0 Å². The predicted octanol–water partition coefficient (Wildman–Crippen LogP) is 1.98. The summed E-state index contributed by atoms with van der Waals surface area (Å²) in [5.74, 6) is 0.582. The highest BCUT2D eigenvalue weighted by molar-refractivity contribution is 6.03. The number of carbonyl (C=O) groups is 1. The summed E-state index contributed by atoms with van der Waals surface area (Å²) in [5, 5.41) is 7.60. The van der Waals surface area contributed by atoms with Crippen LogP contribution in [-0.4, -0.2) is 19.4 Å². The van der Waals surface area contributed by atoms with E-state index in [1.807, 2.05) is 0 Å². The third kappa shape index (κ3) is 1.20. The topological polar surface area (TPSA) is 51.0 Å². The summed E-state index contributed by atoms with van der Waals surface area (Å²) in [7, 11) is 1.55. The second kappa shape index (κ2) is 2.97. The Morgan fingerprint density at radius 1 is 1.46 bits per heavy atom. The minimum absolute atomic E-state index is 0.0103. The van der Waals surface area contributed by atoms with E-state index in [4.69, 9.17) is 4.74 Å². The average Bonchev–Trinajstić information content (AvgIpc) is 2.18. The Hall–Kier alpha value is -1.71. The SMILES string of the molecule is COc1cccc2c1N=NCC2=O. The molecule has 1 aromatic carbocycles. The number of fused-ring (bicyclic) bond motifs is 1. The second-order valence-electron chi connectivity index (χ2n) is 2.68. The number of carbonyl (C=O) groups excluding carboxylic acids is 1. The first-order valence-electron chi connectivity index (χ1n) is 3.90. The van der Waals surface area contributed by atoms with Gasteiger partial charge in [-0.25, -0.2) is 0 Å². The highest BCUT2D eigenvalue weighted by Gasteiger charge is 2.18. The van der Waals surface area contributed by atoms with E-state index < -0.39 is 0 Å². The van der Waals surface area contributed by atoms with Crippen LogP contribution in [0.15, 0.2) is 28.4 Å². The molecule has 66 valence electrons. The number of ketones is 1. The summed E-state index contributed by atoms with van der Waals surface area (Å²) < 4.78 is 5.05. The van der Waals surface area contributed by atoms with Crippen LogP contribution in [0.25, 0.3) is 0 Å². The molecule has 4 nitrogen and oxygen atoms in total. The van der Waals surface area contributed by atoms with Crippen LogP contribution < -0.4 is 4.74 Å². The Kier molecular flexibility index (Phi) is 1.81. The molecule has 2 rings (SSSR count). The number of rotatable bonds is 1. The van der Waals surface area contributed by atoms with Gasteiger partial charge in [0, 0.05) is 0 Å². The number of hydrogen-bond donors (Lipinski definition) is 0. The molecule has 0 N–H and O–H groups in total. The van der Waals surface area contributed by atoms with Gasteiger partial charge in [-0.1, -0.05) is 6.07 Å². The van der Waals surface area contributed by atoms with Crippen molar-refractivity contribution in [3.63, 3.8) is 0 Å². The van der Waals surface area contributed by atoms with Crippen LogP contribution in [0.5, 0.6) is 5.75 Å². The second-order valence-corrected chi connectivity index (χ2v) is 2.68. The lowest BCUT2D eigenvalue weighted by Crippen LogP contribution is -2.07. The first kappa shape index (κ1) is 7.91. The van der Waals surface area contributed by atoms with E-state index in [1.165, 1.54) is 0 Å². The van der Waals surface area contributed by atoms with Gasteiger partial charge in [-0.3, -0.25) is 4.79 Å². The lowest BCUT2D eigenvalue weighted by Gasteiger charge is -2.10. The number of hydrogen-bond acceptors (Lipinski definition) is 4. The van der Waals surface area contributed by atoms with Crippen LogP contribution in [0.4, 0.5) is 5.69 Å². The molecule has 4 heteroatoms. The van der Waals surface area contributed by atoms with Crippen molar-refractivity contribution < 1.29 is 9.53 Å². The van der Waals surface area contributed by atoms with E-state index in [-0.39, 0.29) is 12.3 Å². The molecule has 0 spiro atoms. The number of methoxy groups -OCH3 is 1. The predicted molar refractivity (Wildman–Crippen MR) is 46.7 cm³/mol. The fraction of sp³-hybridized carbons (Fsp3) is 0.222. The maximum absolute atomic E-state index is 11.3. The maximum Gasteiger partial charge on any atom is 0.188 e. The van der Waals surface area contributed by atoms with Gasteiger partial charge >= 0.3 is 0 Å². The largest absolute Gasteiger partial charge is 0.494 e. The summed E-state index contributed by atoms with van der Waals surface area (Å²) in [6, 6.07) is 5.27. The maximum atomic E-state index is 11.3. The van der Waals surface area contributed by atoms with Gasteiger partial charge in [0.25, 0.3) is 0 Å². The Bertz CT molecular complexity index is 385. The monoisotopic (exact) mass is 176 g/mol. The van der Waals surface area contributed by atoms with Gasteiger partial charge in [0.05, 0.1) is 12.7 Å². The van der Waals surface area contributed by atoms with Crippen molar-refractivity contribution in [3.8, 4) is 5.75 Å². The molecule has 1 aliphatic rings. The molecule has 0 aliphatic carbocycles. The van der Waals surface area contributed by atoms with E-state index in [0.29, 0.717) is 17.0 Å². The highest BCUT2D eigenvalue weighted by atomic mass is 16.5. The normalized spacial score (nSPS) is 14.1. The van der Waals surface area contributed by atoms with E-state index >= 15 is 0 Å². The fourth-order valence-corrected chi connectivity index (χ4v) is 1.27. The lowest BCUT2D eigenvalue weighted by atomic mass is 10.1. The zero-order valence-corrected chi connectivity index (χ0v) is 7.15. The average molecular weight is 176 g/mol. The van der Waals surface area contributed by atoms with Gasteiger partial charge in [0.1, 0.15) is 18.0 Å². The highest BCUT2D eigenvalue weighted by Crippen LogP contribution is 2.33. The minimum atomic E-state index is -0.0103. The van der Waals surface area contributed by atoms with Gasteiger partial charge in [-0.15, -0.1) is 0 Å². The molecule has 13 heavy (non-hydrogen) atoms. The summed E-state index contributed by atoms with van der Waals surface area (Å²) in [6.07, 6.45) is 0. The van der Waals surface area contributed by atoms with E-state index in [2.05, 4.69) is 10.2 Å². The van der Waals surface area contributed by atoms with Crippen molar-refractivity contribution in [2.24, 2.45) is 10.2 Å². The summed E-state index contributed by atoms with van der Waals surface area (Å²) in [4.78, 5) is 11.3. The van der Waals surface area contributed by atoms with Gasteiger partial charge in [-0.2, -0.15) is 10.2 Å². The smallest absolute Gasteiger partial charge is 0.188 e. The molecule has 0 radical (unpaired) electrons. The minimum Gasteiger partial charge on any atom is -0.494 e. The van der Waals surface area contributed by atoms with Crippen LogP contribution >= 0.6 is 0 Å². The Morgan fingerprint density at radius 3 is 3.08 bits per heavy atom. The van der Waals surface area contributed by atoms with Crippen LogP contribution in [0.2, 0.25) is 0 Å².